The second kappa shape index (κ2) is 8.70. The lowest BCUT2D eigenvalue weighted by molar-refractivity contribution is -0.118. The number of hydrogen-bond donors (Lipinski definition) is 1. The quantitative estimate of drug-likeness (QED) is 0.472. The Morgan fingerprint density at radius 1 is 1.14 bits per heavy atom. The summed E-state index contributed by atoms with van der Waals surface area (Å²) in [5, 5.41) is 16.4. The number of carbonyl (C=O) groups excluding carboxylic acids is 1. The Morgan fingerprint density at radius 3 is 2.90 bits per heavy atom. The highest BCUT2D eigenvalue weighted by Crippen LogP contribution is 2.19. The number of thioether (sulfide) groups is 1. The molecule has 0 aliphatic carbocycles. The van der Waals surface area contributed by atoms with Gasteiger partial charge in [0.1, 0.15) is 16.5 Å². The summed E-state index contributed by atoms with van der Waals surface area (Å²) >= 11 is 1.35. The molecule has 146 valence electrons. The summed E-state index contributed by atoms with van der Waals surface area (Å²) in [6.07, 6.45) is 1.70. The molecule has 0 radical (unpaired) electrons. The first-order valence-corrected chi connectivity index (χ1v) is 9.88. The number of carbonyl (C=O) groups is 1. The van der Waals surface area contributed by atoms with Gasteiger partial charge in [0.2, 0.25) is 11.7 Å². The summed E-state index contributed by atoms with van der Waals surface area (Å²) < 4.78 is 6.83. The largest absolute Gasteiger partial charge is 0.497 e. The third-order valence-electron chi connectivity index (χ3n) is 4.11. The molecule has 0 atom stereocenters. The van der Waals surface area contributed by atoms with Gasteiger partial charge in [-0.15, -0.1) is 10.2 Å². The molecule has 0 saturated heterocycles. The van der Waals surface area contributed by atoms with Gasteiger partial charge >= 0.3 is 0 Å². The number of benzene rings is 1. The number of rotatable bonds is 7. The summed E-state index contributed by atoms with van der Waals surface area (Å²) in [5.41, 5.74) is 2.29. The number of nitrogens with zero attached hydrogens (tertiary/aromatic N) is 5. The molecule has 0 unspecified atom stereocenters. The zero-order valence-corrected chi connectivity index (χ0v) is 16.5. The van der Waals surface area contributed by atoms with Crippen LogP contribution in [0.25, 0.3) is 17.2 Å². The maximum Gasteiger partial charge on any atom is 0.230 e. The molecule has 4 aromatic rings. The van der Waals surface area contributed by atoms with Gasteiger partial charge in [-0.05, 0) is 42.0 Å². The molecule has 0 aliphatic rings. The van der Waals surface area contributed by atoms with Crippen molar-refractivity contribution in [1.29, 1.82) is 0 Å². The Balaban J connectivity index is 1.39. The summed E-state index contributed by atoms with van der Waals surface area (Å²) in [6.45, 7) is 0.443. The minimum absolute atomic E-state index is 0.0755. The molecular formula is C20H18N6O2S. The van der Waals surface area contributed by atoms with Crippen LogP contribution in [0.2, 0.25) is 0 Å². The molecule has 0 fully saturated rings. The zero-order valence-electron chi connectivity index (χ0n) is 15.6. The summed E-state index contributed by atoms with van der Waals surface area (Å²) in [4.78, 5) is 16.5. The number of pyridine rings is 1. The number of amides is 1. The van der Waals surface area contributed by atoms with E-state index in [1.165, 1.54) is 11.8 Å². The van der Waals surface area contributed by atoms with E-state index in [1.807, 2.05) is 54.6 Å². The zero-order chi connectivity index (χ0) is 20.1. The molecule has 3 aromatic heterocycles. The minimum atomic E-state index is -0.0755. The van der Waals surface area contributed by atoms with E-state index in [0.717, 1.165) is 11.3 Å². The first-order chi connectivity index (χ1) is 14.2. The smallest absolute Gasteiger partial charge is 0.230 e. The second-order valence-corrected chi connectivity index (χ2v) is 7.09. The SMILES string of the molecule is COc1cccc(CNC(=O)CSc2ccc3nnc(-c4ccccn4)n3n2)c1. The van der Waals surface area contributed by atoms with E-state index in [1.54, 1.807) is 17.8 Å². The molecule has 8 nitrogen and oxygen atoms in total. The van der Waals surface area contributed by atoms with Crippen LogP contribution in [0.15, 0.2) is 65.8 Å². The van der Waals surface area contributed by atoms with Crippen LogP contribution in [0, 0.1) is 0 Å². The van der Waals surface area contributed by atoms with E-state index < -0.39 is 0 Å². The summed E-state index contributed by atoms with van der Waals surface area (Å²) in [7, 11) is 1.62. The first kappa shape index (κ1) is 18.9. The standard InChI is InChI=1S/C20H18N6O2S/c1-28-15-6-4-5-14(11-15)12-22-18(27)13-29-19-9-8-17-23-24-20(26(17)25-19)16-7-2-3-10-21-16/h2-11H,12-13H2,1H3,(H,22,27). The van der Waals surface area contributed by atoms with Crippen LogP contribution in [-0.4, -0.2) is 43.6 Å². The number of nitrogens with one attached hydrogen (secondary N) is 1. The van der Waals surface area contributed by atoms with Crippen LogP contribution in [0.5, 0.6) is 5.75 Å². The monoisotopic (exact) mass is 406 g/mol. The van der Waals surface area contributed by atoms with Gasteiger partial charge in [-0.2, -0.15) is 9.61 Å². The van der Waals surface area contributed by atoms with E-state index in [-0.39, 0.29) is 11.7 Å². The van der Waals surface area contributed by atoms with Crippen LogP contribution >= 0.6 is 11.8 Å². The van der Waals surface area contributed by atoms with Crippen molar-refractivity contribution in [3.63, 3.8) is 0 Å². The van der Waals surface area contributed by atoms with E-state index >= 15 is 0 Å². The van der Waals surface area contributed by atoms with Gasteiger partial charge in [0, 0.05) is 12.7 Å². The predicted octanol–water partition coefficient (Wildman–Crippen LogP) is 2.60. The normalized spacial score (nSPS) is 10.8. The molecule has 1 N–H and O–H groups in total. The number of hydrogen-bond acceptors (Lipinski definition) is 7. The molecule has 9 heteroatoms. The lowest BCUT2D eigenvalue weighted by Gasteiger charge is -2.07. The maximum atomic E-state index is 12.2. The van der Waals surface area contributed by atoms with Gasteiger partial charge < -0.3 is 10.1 Å². The van der Waals surface area contributed by atoms with E-state index in [0.29, 0.717) is 28.7 Å². The van der Waals surface area contributed by atoms with Crippen molar-refractivity contribution < 1.29 is 9.53 Å². The molecule has 0 saturated carbocycles. The topological polar surface area (TPSA) is 94.3 Å². The van der Waals surface area contributed by atoms with Crippen LogP contribution in [0.3, 0.4) is 0 Å². The molecule has 0 aliphatic heterocycles. The number of methoxy groups -OCH3 is 1. The summed E-state index contributed by atoms with van der Waals surface area (Å²) in [6, 6.07) is 16.8. The molecule has 3 heterocycles. The van der Waals surface area contributed by atoms with Crippen LogP contribution in [-0.2, 0) is 11.3 Å². The lowest BCUT2D eigenvalue weighted by atomic mass is 10.2. The second-order valence-electron chi connectivity index (χ2n) is 6.10. The van der Waals surface area contributed by atoms with Crippen molar-refractivity contribution in [2.75, 3.05) is 12.9 Å². The van der Waals surface area contributed by atoms with Gasteiger partial charge in [-0.25, -0.2) is 0 Å². The Morgan fingerprint density at radius 2 is 2.07 bits per heavy atom. The van der Waals surface area contributed by atoms with Gasteiger partial charge in [-0.1, -0.05) is 30.0 Å². The fraction of sp³-hybridized carbons (Fsp3) is 0.150. The highest BCUT2D eigenvalue weighted by Gasteiger charge is 2.12. The highest BCUT2D eigenvalue weighted by atomic mass is 32.2. The number of fused-ring (bicyclic) bond motifs is 1. The first-order valence-electron chi connectivity index (χ1n) is 8.89. The van der Waals surface area contributed by atoms with Crippen molar-refractivity contribution in [2.45, 2.75) is 11.6 Å². The van der Waals surface area contributed by atoms with Crippen molar-refractivity contribution in [2.24, 2.45) is 0 Å². The molecule has 4 rings (SSSR count). The Kier molecular flexibility index (Phi) is 5.66. The molecule has 1 amide bonds. The van der Waals surface area contributed by atoms with Crippen molar-refractivity contribution in [1.82, 2.24) is 30.1 Å². The van der Waals surface area contributed by atoms with Crippen molar-refractivity contribution in [3.8, 4) is 17.3 Å². The highest BCUT2D eigenvalue weighted by molar-refractivity contribution is 7.99. The lowest BCUT2D eigenvalue weighted by Crippen LogP contribution is -2.24. The fourth-order valence-corrected chi connectivity index (χ4v) is 3.36. The predicted molar refractivity (Wildman–Crippen MR) is 110 cm³/mol. The average Bonchev–Trinajstić information content (AvgIpc) is 3.20. The van der Waals surface area contributed by atoms with Crippen LogP contribution < -0.4 is 10.1 Å². The van der Waals surface area contributed by atoms with Crippen LogP contribution in [0.1, 0.15) is 5.56 Å². The number of aromatic nitrogens is 5. The van der Waals surface area contributed by atoms with E-state index in [9.17, 15) is 4.79 Å². The molecular weight excluding hydrogens is 388 g/mol. The minimum Gasteiger partial charge on any atom is -0.497 e. The van der Waals surface area contributed by atoms with Gasteiger partial charge in [0.25, 0.3) is 0 Å². The van der Waals surface area contributed by atoms with E-state index in [2.05, 4.69) is 25.6 Å². The average molecular weight is 406 g/mol. The third-order valence-corrected chi connectivity index (χ3v) is 5.03. The Labute approximate surface area is 171 Å². The maximum absolute atomic E-state index is 12.2. The summed E-state index contributed by atoms with van der Waals surface area (Å²) in [5.74, 6) is 1.50. The van der Waals surface area contributed by atoms with Crippen molar-refractivity contribution >= 4 is 23.3 Å². The van der Waals surface area contributed by atoms with Crippen LogP contribution in [0.4, 0.5) is 0 Å². The van der Waals surface area contributed by atoms with Gasteiger partial charge in [-0.3, -0.25) is 9.78 Å². The molecule has 0 bridgehead atoms. The number of ether oxygens (including phenoxy) is 1. The van der Waals surface area contributed by atoms with E-state index in [4.69, 9.17) is 4.74 Å². The third kappa shape index (κ3) is 4.52. The Bertz CT molecular complexity index is 1130. The molecule has 1 aromatic carbocycles. The molecule has 29 heavy (non-hydrogen) atoms. The van der Waals surface area contributed by atoms with Gasteiger partial charge in [0.15, 0.2) is 5.65 Å². The van der Waals surface area contributed by atoms with Crippen molar-refractivity contribution in [3.05, 3.63) is 66.4 Å². The molecule has 0 spiro atoms. The Hall–Kier alpha value is -3.46. The fourth-order valence-electron chi connectivity index (χ4n) is 2.68. The van der Waals surface area contributed by atoms with Gasteiger partial charge in [0.05, 0.1) is 12.9 Å².